The number of hydrogen-bond donors (Lipinski definition) is 2. The van der Waals surface area contributed by atoms with Crippen LogP contribution in [0.25, 0.3) is 0 Å². The number of amides is 1. The van der Waals surface area contributed by atoms with Gasteiger partial charge in [-0.25, -0.2) is 10.5 Å². The molecule has 0 bridgehead atoms. The molecule has 0 aromatic heterocycles. The van der Waals surface area contributed by atoms with Gasteiger partial charge in [0, 0.05) is 28.4 Å². The average molecular weight is 371 g/mol. The van der Waals surface area contributed by atoms with E-state index in [-0.39, 0.29) is 0 Å². The summed E-state index contributed by atoms with van der Waals surface area (Å²) in [4.78, 5) is 19.2. The molecule has 3 aliphatic rings. The fourth-order valence-corrected chi connectivity index (χ4v) is 4.01. The molecule has 2 aliphatic carbocycles. The second-order valence-electron chi connectivity index (χ2n) is 7.37. The Hall–Kier alpha value is -3.18. The van der Waals surface area contributed by atoms with E-state index < -0.39 is 5.91 Å². The van der Waals surface area contributed by atoms with Gasteiger partial charge in [0.15, 0.2) is 0 Å². The smallest absolute Gasteiger partial charge is 0.274 e. The number of carbonyl (C=O) groups is 1. The summed E-state index contributed by atoms with van der Waals surface area (Å²) in [6.45, 7) is 0. The Morgan fingerprint density at radius 3 is 2.64 bits per heavy atom. The summed E-state index contributed by atoms with van der Waals surface area (Å²) in [5.74, 6) is -0.519. The SMILES string of the molecule is O=C(NO)c1ccc(C2=NC3=C(CCC=C3)N(C3CC3)c3ccccc32)cc1. The first kappa shape index (κ1) is 17.0. The van der Waals surface area contributed by atoms with E-state index in [1.807, 2.05) is 18.2 Å². The molecule has 5 nitrogen and oxygen atoms in total. The van der Waals surface area contributed by atoms with Crippen molar-refractivity contribution in [2.45, 2.75) is 31.7 Å². The van der Waals surface area contributed by atoms with Crippen molar-refractivity contribution in [1.82, 2.24) is 5.48 Å². The molecule has 1 aliphatic heterocycles. The van der Waals surface area contributed by atoms with Crippen LogP contribution in [0.1, 0.15) is 47.2 Å². The molecule has 2 N–H and O–H groups in total. The number of nitrogens with zero attached hydrogens (tertiary/aromatic N) is 2. The standard InChI is InChI=1S/C23H21N3O2/c27-23(25-28)16-11-9-15(10-12-16)22-18-5-1-3-7-20(18)26(17-13-14-17)21-8-4-2-6-19(21)24-22/h1-3,5-7,9-12,17,28H,4,8,13-14H2,(H,25,27). The Morgan fingerprint density at radius 2 is 1.89 bits per heavy atom. The van der Waals surface area contributed by atoms with E-state index in [1.54, 1.807) is 17.6 Å². The number of benzene rings is 2. The maximum Gasteiger partial charge on any atom is 0.274 e. The minimum Gasteiger partial charge on any atom is -0.339 e. The van der Waals surface area contributed by atoms with E-state index in [2.05, 4.69) is 35.3 Å². The second kappa shape index (κ2) is 6.77. The van der Waals surface area contributed by atoms with Gasteiger partial charge in [-0.1, -0.05) is 36.4 Å². The summed E-state index contributed by atoms with van der Waals surface area (Å²) in [7, 11) is 0. The van der Waals surface area contributed by atoms with Crippen LogP contribution in [0.15, 0.2) is 77.1 Å². The van der Waals surface area contributed by atoms with Gasteiger partial charge in [0.2, 0.25) is 0 Å². The van der Waals surface area contributed by atoms with E-state index in [9.17, 15) is 4.79 Å². The lowest BCUT2D eigenvalue weighted by molar-refractivity contribution is 0.0706. The number of carbonyl (C=O) groups excluding carboxylic acids is 1. The zero-order valence-corrected chi connectivity index (χ0v) is 15.4. The van der Waals surface area contributed by atoms with Crippen molar-refractivity contribution in [3.63, 3.8) is 0 Å². The quantitative estimate of drug-likeness (QED) is 0.628. The Balaban J connectivity index is 1.67. The van der Waals surface area contributed by atoms with Gasteiger partial charge < -0.3 is 4.90 Å². The zero-order chi connectivity index (χ0) is 19.1. The zero-order valence-electron chi connectivity index (χ0n) is 15.4. The minimum absolute atomic E-state index is 0.408. The Morgan fingerprint density at radius 1 is 1.11 bits per heavy atom. The average Bonchev–Trinajstić information content (AvgIpc) is 3.59. The van der Waals surface area contributed by atoms with Gasteiger partial charge in [-0.3, -0.25) is 10.0 Å². The molecule has 1 saturated carbocycles. The Bertz CT molecular complexity index is 1030. The number of aliphatic imine (C=N–C) groups is 1. The Kier molecular flexibility index (Phi) is 4.10. The van der Waals surface area contributed by atoms with Crippen molar-refractivity contribution in [2.75, 3.05) is 4.90 Å². The first-order valence-electron chi connectivity index (χ1n) is 9.68. The number of hydrogen-bond acceptors (Lipinski definition) is 4. The Labute approximate surface area is 163 Å². The van der Waals surface area contributed by atoms with Crippen molar-refractivity contribution in [3.05, 3.63) is 88.8 Å². The molecule has 0 saturated heterocycles. The van der Waals surface area contributed by atoms with E-state index in [0.29, 0.717) is 11.6 Å². The van der Waals surface area contributed by atoms with Gasteiger partial charge in [-0.2, -0.15) is 0 Å². The van der Waals surface area contributed by atoms with Crippen LogP contribution in [0.2, 0.25) is 0 Å². The molecule has 1 heterocycles. The molecular formula is C23H21N3O2. The predicted molar refractivity (Wildman–Crippen MR) is 109 cm³/mol. The summed E-state index contributed by atoms with van der Waals surface area (Å²) in [6.07, 6.45) is 8.80. The van der Waals surface area contributed by atoms with Gasteiger partial charge in [0.1, 0.15) is 0 Å². The molecule has 0 spiro atoms. The molecule has 0 atom stereocenters. The number of para-hydroxylation sites is 1. The van der Waals surface area contributed by atoms with Gasteiger partial charge in [0.25, 0.3) is 5.91 Å². The highest BCUT2D eigenvalue weighted by Gasteiger charge is 2.36. The molecule has 0 unspecified atom stereocenters. The normalized spacial score (nSPS) is 18.2. The van der Waals surface area contributed by atoms with Crippen LogP contribution in [-0.2, 0) is 0 Å². The van der Waals surface area contributed by atoms with Crippen molar-refractivity contribution in [1.29, 1.82) is 0 Å². The molecule has 2 aromatic carbocycles. The van der Waals surface area contributed by atoms with Crippen LogP contribution in [0.5, 0.6) is 0 Å². The van der Waals surface area contributed by atoms with Gasteiger partial charge >= 0.3 is 0 Å². The van der Waals surface area contributed by atoms with Crippen LogP contribution >= 0.6 is 0 Å². The number of anilines is 1. The number of nitrogens with one attached hydrogen (secondary N) is 1. The second-order valence-corrected chi connectivity index (χ2v) is 7.37. The molecule has 0 radical (unpaired) electrons. The van der Waals surface area contributed by atoms with Gasteiger partial charge in [-0.15, -0.1) is 0 Å². The van der Waals surface area contributed by atoms with E-state index >= 15 is 0 Å². The van der Waals surface area contributed by atoms with Gasteiger partial charge in [-0.05, 0) is 50.0 Å². The highest BCUT2D eigenvalue weighted by atomic mass is 16.5. The third-order valence-corrected chi connectivity index (χ3v) is 5.50. The van der Waals surface area contributed by atoms with Crippen molar-refractivity contribution < 1.29 is 10.0 Å². The monoisotopic (exact) mass is 371 g/mol. The number of allylic oxidation sites excluding steroid dienone is 3. The fourth-order valence-electron chi connectivity index (χ4n) is 4.01. The van der Waals surface area contributed by atoms with Gasteiger partial charge in [0.05, 0.1) is 17.1 Å². The first-order valence-corrected chi connectivity index (χ1v) is 9.68. The lowest BCUT2D eigenvalue weighted by Gasteiger charge is -2.29. The number of rotatable bonds is 3. The largest absolute Gasteiger partial charge is 0.339 e. The molecular weight excluding hydrogens is 350 g/mol. The lowest BCUT2D eigenvalue weighted by Crippen LogP contribution is -2.27. The minimum atomic E-state index is -0.519. The van der Waals surface area contributed by atoms with E-state index in [1.165, 1.54) is 24.2 Å². The molecule has 5 rings (SSSR count). The van der Waals surface area contributed by atoms with Crippen molar-refractivity contribution in [3.8, 4) is 0 Å². The van der Waals surface area contributed by atoms with Crippen molar-refractivity contribution in [2.24, 2.45) is 4.99 Å². The number of hydroxylamine groups is 1. The fraction of sp³-hybridized carbons (Fsp3) is 0.217. The van der Waals surface area contributed by atoms with Crippen LogP contribution in [-0.4, -0.2) is 22.9 Å². The topological polar surface area (TPSA) is 64.9 Å². The highest BCUT2D eigenvalue weighted by molar-refractivity contribution is 6.17. The summed E-state index contributed by atoms with van der Waals surface area (Å²) < 4.78 is 0. The molecule has 140 valence electrons. The molecule has 1 fully saturated rings. The van der Waals surface area contributed by atoms with Crippen LogP contribution in [0, 0.1) is 0 Å². The summed E-state index contributed by atoms with van der Waals surface area (Å²) in [6, 6.07) is 16.2. The van der Waals surface area contributed by atoms with Crippen LogP contribution < -0.4 is 10.4 Å². The van der Waals surface area contributed by atoms with E-state index in [4.69, 9.17) is 10.2 Å². The summed E-state index contributed by atoms with van der Waals surface area (Å²) >= 11 is 0. The molecule has 2 aromatic rings. The van der Waals surface area contributed by atoms with Crippen molar-refractivity contribution >= 4 is 17.3 Å². The van der Waals surface area contributed by atoms with E-state index in [0.717, 1.165) is 35.4 Å². The molecule has 1 amide bonds. The highest BCUT2D eigenvalue weighted by Crippen LogP contribution is 2.42. The first-order chi connectivity index (χ1) is 13.8. The molecule has 28 heavy (non-hydrogen) atoms. The summed E-state index contributed by atoms with van der Waals surface area (Å²) in [5, 5.41) is 8.85. The third-order valence-electron chi connectivity index (χ3n) is 5.50. The lowest BCUT2D eigenvalue weighted by atomic mass is 9.98. The number of fused-ring (bicyclic) bond motifs is 1. The summed E-state index contributed by atoms with van der Waals surface area (Å²) in [5.41, 5.74) is 8.60. The third kappa shape index (κ3) is 2.84. The molecule has 5 heteroatoms. The predicted octanol–water partition coefficient (Wildman–Crippen LogP) is 4.19. The van der Waals surface area contributed by atoms with Crippen LogP contribution in [0.3, 0.4) is 0 Å². The maximum atomic E-state index is 11.7. The van der Waals surface area contributed by atoms with Crippen LogP contribution in [0.4, 0.5) is 5.69 Å². The maximum absolute atomic E-state index is 11.7.